The van der Waals surface area contributed by atoms with Crippen molar-refractivity contribution in [3.8, 4) is 28.3 Å². The highest BCUT2D eigenvalue weighted by molar-refractivity contribution is 6.36. The van der Waals surface area contributed by atoms with Crippen molar-refractivity contribution in [2.24, 2.45) is 0 Å². The number of aromatic nitrogens is 1. The molecule has 1 saturated heterocycles. The number of carbonyl (C=O) groups is 1. The van der Waals surface area contributed by atoms with Gasteiger partial charge in [0.25, 0.3) is 5.89 Å². The molecule has 36 heavy (non-hydrogen) atoms. The Morgan fingerprint density at radius 3 is 2.33 bits per heavy atom. The predicted molar refractivity (Wildman–Crippen MR) is 144 cm³/mol. The van der Waals surface area contributed by atoms with Crippen molar-refractivity contribution >= 4 is 46.4 Å². The lowest BCUT2D eigenvalue weighted by molar-refractivity contribution is 0.0707. The first kappa shape index (κ1) is 24.5. The Morgan fingerprint density at radius 2 is 1.64 bits per heavy atom. The Balaban J connectivity index is 1.42. The molecule has 1 aliphatic rings. The number of ether oxygens (including phenoxy) is 1. The van der Waals surface area contributed by atoms with Gasteiger partial charge in [-0.1, -0.05) is 40.9 Å². The number of rotatable bonds is 5. The molecule has 1 aromatic heterocycles. The van der Waals surface area contributed by atoms with Crippen LogP contribution in [0.3, 0.4) is 0 Å². The summed E-state index contributed by atoms with van der Waals surface area (Å²) in [6, 6.07) is 20.2. The molecule has 184 valence electrons. The minimum Gasteiger partial charge on any atom is -0.497 e. The molecule has 1 fully saturated rings. The number of piperazine rings is 1. The average molecular weight is 543 g/mol. The molecule has 0 bridgehead atoms. The SMILES string of the molecule is COc1cccc(N2CCN(C(=O)c3nc(-c4ccc(Cl)cc4Cl)c(-c4ccc(Cl)cc4)o3)CC2)c1. The first-order valence-corrected chi connectivity index (χ1v) is 12.5. The fourth-order valence-corrected chi connectivity index (χ4v) is 4.81. The van der Waals surface area contributed by atoms with Gasteiger partial charge in [-0.25, -0.2) is 4.98 Å². The topological polar surface area (TPSA) is 58.8 Å². The molecule has 0 N–H and O–H groups in total. The summed E-state index contributed by atoms with van der Waals surface area (Å²) in [5, 5.41) is 1.51. The smallest absolute Gasteiger partial charge is 0.309 e. The van der Waals surface area contributed by atoms with Crippen molar-refractivity contribution in [1.29, 1.82) is 0 Å². The summed E-state index contributed by atoms with van der Waals surface area (Å²) in [7, 11) is 1.65. The molecule has 5 rings (SSSR count). The third-order valence-electron chi connectivity index (χ3n) is 6.09. The molecule has 0 aliphatic carbocycles. The maximum absolute atomic E-state index is 13.4. The highest BCUT2D eigenvalue weighted by atomic mass is 35.5. The van der Waals surface area contributed by atoms with Crippen LogP contribution in [-0.4, -0.2) is 49.1 Å². The number of halogens is 3. The summed E-state index contributed by atoms with van der Waals surface area (Å²) in [6.45, 7) is 2.43. The van der Waals surface area contributed by atoms with Gasteiger partial charge in [-0.3, -0.25) is 4.79 Å². The molecule has 3 aromatic carbocycles. The summed E-state index contributed by atoms with van der Waals surface area (Å²) in [5.41, 5.74) is 2.88. The maximum atomic E-state index is 13.4. The zero-order chi connectivity index (χ0) is 25.2. The Morgan fingerprint density at radius 1 is 0.917 bits per heavy atom. The number of oxazole rings is 1. The van der Waals surface area contributed by atoms with E-state index in [-0.39, 0.29) is 11.8 Å². The Hall–Kier alpha value is -3.19. The van der Waals surface area contributed by atoms with Gasteiger partial charge in [-0.2, -0.15) is 0 Å². The summed E-state index contributed by atoms with van der Waals surface area (Å²) in [6.07, 6.45) is 0. The number of amides is 1. The number of hydrogen-bond acceptors (Lipinski definition) is 5. The van der Waals surface area contributed by atoms with E-state index in [1.165, 1.54) is 0 Å². The maximum Gasteiger partial charge on any atom is 0.309 e. The van der Waals surface area contributed by atoms with E-state index in [2.05, 4.69) is 9.88 Å². The number of methoxy groups -OCH3 is 1. The van der Waals surface area contributed by atoms with Crippen molar-refractivity contribution in [3.05, 3.63) is 87.7 Å². The van der Waals surface area contributed by atoms with Gasteiger partial charge < -0.3 is 19.0 Å². The molecule has 0 radical (unpaired) electrons. The summed E-state index contributed by atoms with van der Waals surface area (Å²) in [5.74, 6) is 0.978. The highest BCUT2D eigenvalue weighted by Crippen LogP contribution is 2.38. The quantitative estimate of drug-likeness (QED) is 0.273. The monoisotopic (exact) mass is 541 g/mol. The van der Waals surface area contributed by atoms with Crippen LogP contribution in [0.15, 0.2) is 71.1 Å². The molecule has 0 saturated carbocycles. The van der Waals surface area contributed by atoms with Gasteiger partial charge in [0.15, 0.2) is 5.76 Å². The third-order valence-corrected chi connectivity index (χ3v) is 6.89. The third kappa shape index (κ3) is 5.03. The zero-order valence-corrected chi connectivity index (χ0v) is 21.6. The normalized spacial score (nSPS) is 13.7. The van der Waals surface area contributed by atoms with Crippen LogP contribution in [-0.2, 0) is 0 Å². The van der Waals surface area contributed by atoms with E-state index < -0.39 is 0 Å². The van der Waals surface area contributed by atoms with E-state index in [9.17, 15) is 4.79 Å². The van der Waals surface area contributed by atoms with Gasteiger partial charge in [0.05, 0.1) is 12.1 Å². The van der Waals surface area contributed by atoms with Crippen LogP contribution in [0, 0.1) is 0 Å². The van der Waals surface area contributed by atoms with Gasteiger partial charge in [-0.15, -0.1) is 0 Å². The molecule has 0 atom stereocenters. The fraction of sp³-hybridized carbons (Fsp3) is 0.185. The Bertz CT molecular complexity index is 1400. The number of nitrogens with zero attached hydrogens (tertiary/aromatic N) is 3. The summed E-state index contributed by atoms with van der Waals surface area (Å²) < 4.78 is 11.4. The minimum atomic E-state index is -0.271. The van der Waals surface area contributed by atoms with Crippen molar-refractivity contribution in [2.45, 2.75) is 0 Å². The van der Waals surface area contributed by atoms with Gasteiger partial charge in [0, 0.05) is 59.1 Å². The van der Waals surface area contributed by atoms with Crippen molar-refractivity contribution in [2.75, 3.05) is 38.2 Å². The molecule has 0 spiro atoms. The van der Waals surface area contributed by atoms with E-state index in [1.807, 2.05) is 36.4 Å². The molecular formula is C27H22Cl3N3O3. The van der Waals surface area contributed by atoms with Crippen LogP contribution in [0.4, 0.5) is 5.69 Å². The first-order chi connectivity index (χ1) is 17.4. The summed E-state index contributed by atoms with van der Waals surface area (Å²) >= 11 is 18.7. The minimum absolute atomic E-state index is 0.01000. The lowest BCUT2D eigenvalue weighted by Crippen LogP contribution is -2.48. The highest BCUT2D eigenvalue weighted by Gasteiger charge is 2.29. The molecule has 2 heterocycles. The predicted octanol–water partition coefficient (Wildman–Crippen LogP) is 6.94. The van der Waals surface area contributed by atoms with E-state index >= 15 is 0 Å². The molecule has 1 amide bonds. The Kier molecular flexibility index (Phi) is 7.10. The number of benzene rings is 3. The van der Waals surface area contributed by atoms with E-state index in [0.29, 0.717) is 58.3 Å². The van der Waals surface area contributed by atoms with E-state index in [4.69, 9.17) is 44.0 Å². The van der Waals surface area contributed by atoms with Gasteiger partial charge in [0.1, 0.15) is 11.4 Å². The first-order valence-electron chi connectivity index (χ1n) is 11.3. The van der Waals surface area contributed by atoms with Crippen LogP contribution in [0.25, 0.3) is 22.6 Å². The van der Waals surface area contributed by atoms with Crippen molar-refractivity contribution in [3.63, 3.8) is 0 Å². The molecule has 4 aromatic rings. The van der Waals surface area contributed by atoms with Crippen molar-refractivity contribution in [1.82, 2.24) is 9.88 Å². The van der Waals surface area contributed by atoms with Gasteiger partial charge in [-0.05, 0) is 54.6 Å². The van der Waals surface area contributed by atoms with Crippen LogP contribution in [0.5, 0.6) is 5.75 Å². The molecule has 9 heteroatoms. The van der Waals surface area contributed by atoms with Crippen molar-refractivity contribution < 1.29 is 13.9 Å². The second-order valence-corrected chi connectivity index (χ2v) is 9.59. The average Bonchev–Trinajstić information content (AvgIpc) is 3.34. The molecule has 0 unspecified atom stereocenters. The Labute approximate surface area is 224 Å². The fourth-order valence-electron chi connectivity index (χ4n) is 4.18. The van der Waals surface area contributed by atoms with Crippen LogP contribution < -0.4 is 9.64 Å². The molecule has 6 nitrogen and oxygen atoms in total. The number of hydrogen-bond donors (Lipinski definition) is 0. The molecule has 1 aliphatic heterocycles. The summed E-state index contributed by atoms with van der Waals surface area (Å²) in [4.78, 5) is 22.0. The zero-order valence-electron chi connectivity index (χ0n) is 19.4. The lowest BCUT2D eigenvalue weighted by Gasteiger charge is -2.35. The standard InChI is InChI=1S/C27H22Cl3N3O3/c1-35-21-4-2-3-20(16-21)32-11-13-33(14-12-32)27(34)26-31-24(22-10-9-19(29)15-23(22)30)25(36-26)17-5-7-18(28)8-6-17/h2-10,15-16H,11-14H2,1H3. The van der Waals surface area contributed by atoms with Gasteiger partial charge >= 0.3 is 5.91 Å². The van der Waals surface area contributed by atoms with Crippen LogP contribution >= 0.6 is 34.8 Å². The largest absolute Gasteiger partial charge is 0.497 e. The molecular weight excluding hydrogens is 521 g/mol. The second-order valence-electron chi connectivity index (χ2n) is 8.31. The van der Waals surface area contributed by atoms with Crippen LogP contribution in [0.1, 0.15) is 10.7 Å². The number of carbonyl (C=O) groups excluding carboxylic acids is 1. The van der Waals surface area contributed by atoms with Crippen LogP contribution in [0.2, 0.25) is 15.1 Å². The van der Waals surface area contributed by atoms with Gasteiger partial charge in [0.2, 0.25) is 0 Å². The van der Waals surface area contributed by atoms with E-state index in [0.717, 1.165) is 17.0 Å². The number of anilines is 1. The van der Waals surface area contributed by atoms with E-state index in [1.54, 1.807) is 42.3 Å². The lowest BCUT2D eigenvalue weighted by atomic mass is 10.1. The second kappa shape index (κ2) is 10.4.